The predicted octanol–water partition coefficient (Wildman–Crippen LogP) is 0.695. The van der Waals surface area contributed by atoms with E-state index in [-0.39, 0.29) is 11.5 Å². The van der Waals surface area contributed by atoms with Gasteiger partial charge in [-0.1, -0.05) is 12.1 Å². The maximum absolute atomic E-state index is 12.4. The van der Waals surface area contributed by atoms with Crippen LogP contribution in [-0.4, -0.2) is 38.7 Å². The number of rotatable bonds is 5. The summed E-state index contributed by atoms with van der Waals surface area (Å²) >= 11 is 0. The van der Waals surface area contributed by atoms with Gasteiger partial charge in [-0.3, -0.25) is 9.59 Å². The third-order valence-electron chi connectivity index (χ3n) is 3.63. The summed E-state index contributed by atoms with van der Waals surface area (Å²) in [6, 6.07) is 10.8. The second-order valence-electron chi connectivity index (χ2n) is 5.59. The number of hydrogen-bond donors (Lipinski definition) is 3. The lowest BCUT2D eigenvalue weighted by Crippen LogP contribution is -2.35. The smallest absolute Gasteiger partial charge is 0.294 e. The largest absolute Gasteiger partial charge is 0.508 e. The number of carbonyl (C=O) groups is 1. The molecule has 1 amide bonds. The Morgan fingerprint density at radius 1 is 1.30 bits per heavy atom. The molecule has 0 spiro atoms. The van der Waals surface area contributed by atoms with Crippen LogP contribution in [0.25, 0.3) is 10.9 Å². The Morgan fingerprint density at radius 2 is 2.07 bits per heavy atom. The first-order chi connectivity index (χ1) is 13.0. The number of hydrazone groups is 1. The molecule has 3 N–H and O–H groups in total. The molecule has 27 heavy (non-hydrogen) atoms. The maximum Gasteiger partial charge on any atom is 0.294 e. The molecular weight excluding hydrogens is 352 g/mol. The summed E-state index contributed by atoms with van der Waals surface area (Å²) in [7, 11) is 0. The van der Waals surface area contributed by atoms with Crippen LogP contribution in [0.5, 0.6) is 11.5 Å². The Labute approximate surface area is 153 Å². The lowest BCUT2D eigenvalue weighted by molar-refractivity contribution is -0.126. The Kier molecular flexibility index (Phi) is 5.02. The summed E-state index contributed by atoms with van der Waals surface area (Å²) in [5, 5.41) is 22.9. The minimum Gasteiger partial charge on any atom is -0.508 e. The first-order valence-electron chi connectivity index (χ1n) is 7.91. The van der Waals surface area contributed by atoms with Crippen LogP contribution in [-0.2, 0) is 4.79 Å². The Bertz CT molecular complexity index is 1090. The first kappa shape index (κ1) is 17.9. The van der Waals surface area contributed by atoms with Gasteiger partial charge in [0.15, 0.2) is 6.61 Å². The maximum atomic E-state index is 12.4. The molecule has 0 bridgehead atoms. The molecule has 138 valence electrons. The summed E-state index contributed by atoms with van der Waals surface area (Å²) in [4.78, 5) is 33.8. The van der Waals surface area contributed by atoms with Gasteiger partial charge in [0.1, 0.15) is 17.3 Å². The van der Waals surface area contributed by atoms with Crippen LogP contribution in [0.4, 0.5) is 0 Å². The van der Waals surface area contributed by atoms with Gasteiger partial charge in [-0.05, 0) is 31.2 Å². The van der Waals surface area contributed by atoms with Gasteiger partial charge >= 0.3 is 0 Å². The molecule has 0 saturated heterocycles. The average Bonchev–Trinajstić information content (AvgIpc) is 2.63. The third kappa shape index (κ3) is 4.03. The molecule has 1 heterocycles. The van der Waals surface area contributed by atoms with Crippen molar-refractivity contribution in [3.05, 3.63) is 64.2 Å². The van der Waals surface area contributed by atoms with Gasteiger partial charge in [0.05, 0.1) is 17.1 Å². The highest BCUT2D eigenvalue weighted by Crippen LogP contribution is 2.20. The number of carbonyl (C=O) groups excluding carboxylic acids is 1. The molecule has 0 unspecified atom stereocenters. The number of phenolic OH excluding ortho intramolecular Hbond substituents is 2. The number of hydrogen-bond acceptors (Lipinski definition) is 7. The monoisotopic (exact) mass is 368 g/mol. The molecule has 0 aliphatic carbocycles. The van der Waals surface area contributed by atoms with E-state index in [2.05, 4.69) is 15.5 Å². The van der Waals surface area contributed by atoms with Crippen molar-refractivity contribution in [2.45, 2.75) is 6.92 Å². The zero-order valence-corrected chi connectivity index (χ0v) is 14.3. The van der Waals surface area contributed by atoms with E-state index < -0.39 is 18.1 Å². The molecule has 0 aliphatic rings. The number of aromatic nitrogens is 2. The number of nitrogens with one attached hydrogen (secondary N) is 1. The number of para-hydroxylation sites is 1. The van der Waals surface area contributed by atoms with Gasteiger partial charge in [-0.2, -0.15) is 5.10 Å². The summed E-state index contributed by atoms with van der Waals surface area (Å²) in [6.07, 6.45) is 1.21. The molecular formula is C18H16N4O5. The molecule has 3 aromatic rings. The van der Waals surface area contributed by atoms with E-state index in [4.69, 9.17) is 4.84 Å². The van der Waals surface area contributed by atoms with E-state index in [1.54, 1.807) is 31.2 Å². The molecule has 2 aromatic carbocycles. The molecule has 9 heteroatoms. The average molecular weight is 368 g/mol. The Hall–Kier alpha value is -3.88. The quantitative estimate of drug-likeness (QED) is 0.449. The predicted molar refractivity (Wildman–Crippen MR) is 97.7 cm³/mol. The van der Waals surface area contributed by atoms with E-state index in [0.717, 1.165) is 10.8 Å². The number of aromatic hydroxyl groups is 2. The van der Waals surface area contributed by atoms with Gasteiger partial charge in [0, 0.05) is 11.6 Å². The van der Waals surface area contributed by atoms with E-state index in [0.29, 0.717) is 22.3 Å². The van der Waals surface area contributed by atoms with E-state index in [1.807, 2.05) is 0 Å². The SMILES string of the molecule is Cc1nc2ccccc2c(=O)n1OCC(=O)N/N=C/c1ccc(O)cc1O. The number of phenols is 2. The lowest BCUT2D eigenvalue weighted by atomic mass is 10.2. The fourth-order valence-corrected chi connectivity index (χ4v) is 2.35. The van der Waals surface area contributed by atoms with Crippen molar-refractivity contribution in [1.29, 1.82) is 0 Å². The van der Waals surface area contributed by atoms with Crippen LogP contribution < -0.4 is 15.8 Å². The first-order valence-corrected chi connectivity index (χ1v) is 7.91. The zero-order valence-electron chi connectivity index (χ0n) is 14.3. The molecule has 9 nitrogen and oxygen atoms in total. The van der Waals surface area contributed by atoms with Crippen LogP contribution in [0.2, 0.25) is 0 Å². The molecule has 1 aromatic heterocycles. The fraction of sp³-hybridized carbons (Fsp3) is 0.111. The molecule has 0 saturated carbocycles. The fourth-order valence-electron chi connectivity index (χ4n) is 2.35. The van der Waals surface area contributed by atoms with Gasteiger partial charge in [-0.25, -0.2) is 10.4 Å². The minimum absolute atomic E-state index is 0.0908. The van der Waals surface area contributed by atoms with Crippen molar-refractivity contribution in [3.8, 4) is 11.5 Å². The minimum atomic E-state index is -0.607. The van der Waals surface area contributed by atoms with Crippen molar-refractivity contribution in [1.82, 2.24) is 15.1 Å². The second-order valence-corrected chi connectivity index (χ2v) is 5.59. The van der Waals surface area contributed by atoms with Crippen molar-refractivity contribution >= 4 is 23.0 Å². The second kappa shape index (κ2) is 7.56. The number of amides is 1. The topological polar surface area (TPSA) is 126 Å². The Morgan fingerprint density at radius 3 is 2.85 bits per heavy atom. The molecule has 0 aliphatic heterocycles. The zero-order chi connectivity index (χ0) is 19.4. The van der Waals surface area contributed by atoms with Gasteiger partial charge in [0.2, 0.25) is 0 Å². The normalized spacial score (nSPS) is 11.0. The summed E-state index contributed by atoms with van der Waals surface area (Å²) in [5.41, 5.74) is 2.65. The summed E-state index contributed by atoms with van der Waals surface area (Å²) in [5.74, 6) is -0.575. The Balaban J connectivity index is 1.65. The summed E-state index contributed by atoms with van der Waals surface area (Å²) < 4.78 is 0.956. The number of fused-ring (bicyclic) bond motifs is 1. The van der Waals surface area contributed by atoms with Crippen molar-refractivity contribution < 1.29 is 19.8 Å². The molecule has 0 fully saturated rings. The van der Waals surface area contributed by atoms with Gasteiger partial charge in [-0.15, -0.1) is 4.73 Å². The van der Waals surface area contributed by atoms with Crippen molar-refractivity contribution in [2.24, 2.45) is 5.10 Å². The number of benzene rings is 2. The highest BCUT2D eigenvalue weighted by atomic mass is 16.7. The molecule has 3 rings (SSSR count). The van der Waals surface area contributed by atoms with Crippen LogP contribution >= 0.6 is 0 Å². The van der Waals surface area contributed by atoms with Crippen molar-refractivity contribution in [3.63, 3.8) is 0 Å². The van der Waals surface area contributed by atoms with E-state index in [1.165, 1.54) is 18.3 Å². The highest BCUT2D eigenvalue weighted by molar-refractivity contribution is 5.85. The van der Waals surface area contributed by atoms with Crippen LogP contribution in [0.1, 0.15) is 11.4 Å². The van der Waals surface area contributed by atoms with E-state index >= 15 is 0 Å². The summed E-state index contributed by atoms with van der Waals surface area (Å²) in [6.45, 7) is 1.14. The van der Waals surface area contributed by atoms with E-state index in [9.17, 15) is 19.8 Å². The van der Waals surface area contributed by atoms with Gasteiger partial charge in [0.25, 0.3) is 11.5 Å². The molecule has 0 atom stereocenters. The lowest BCUT2D eigenvalue weighted by Gasteiger charge is -2.11. The highest BCUT2D eigenvalue weighted by Gasteiger charge is 2.10. The van der Waals surface area contributed by atoms with Gasteiger partial charge < -0.3 is 15.1 Å². The number of aryl methyl sites for hydroxylation is 1. The van der Waals surface area contributed by atoms with Crippen LogP contribution in [0.3, 0.4) is 0 Å². The van der Waals surface area contributed by atoms with Crippen LogP contribution in [0.15, 0.2) is 52.4 Å². The van der Waals surface area contributed by atoms with Crippen molar-refractivity contribution in [2.75, 3.05) is 6.61 Å². The third-order valence-corrected chi connectivity index (χ3v) is 3.63. The standard InChI is InChI=1S/C18H16N4O5/c1-11-20-15-5-3-2-4-14(15)18(26)22(11)27-10-17(25)21-19-9-12-6-7-13(23)8-16(12)24/h2-9,23-24H,10H2,1H3,(H,21,25)/b19-9+. The number of nitrogens with zero attached hydrogens (tertiary/aromatic N) is 3. The van der Waals surface area contributed by atoms with Crippen LogP contribution in [0, 0.1) is 6.92 Å². The molecule has 0 radical (unpaired) electrons.